The summed E-state index contributed by atoms with van der Waals surface area (Å²) < 4.78 is 53.4. The zero-order chi connectivity index (χ0) is 19.3. The molecule has 0 aliphatic carbocycles. The molecule has 136 valence electrons. The number of H-pyrrole nitrogens is 1. The van der Waals surface area contributed by atoms with Gasteiger partial charge in [0.25, 0.3) is 5.56 Å². The first-order chi connectivity index (χ1) is 12.8. The normalized spacial score (nSPS) is 12.0. The van der Waals surface area contributed by atoms with E-state index in [0.717, 1.165) is 0 Å². The lowest BCUT2D eigenvalue weighted by Gasteiger charge is -2.12. The molecular formula is C18H9F4N3O2. The summed E-state index contributed by atoms with van der Waals surface area (Å²) in [7, 11) is 0. The number of aromatic nitrogens is 3. The quantitative estimate of drug-likeness (QED) is 0.519. The maximum Gasteiger partial charge on any atom is 0.419 e. The lowest BCUT2D eigenvalue weighted by Crippen LogP contribution is -2.34. The molecule has 0 amide bonds. The molecule has 2 heterocycles. The fourth-order valence-electron chi connectivity index (χ4n) is 2.95. The van der Waals surface area contributed by atoms with Crippen LogP contribution in [0.15, 0.2) is 58.4 Å². The topological polar surface area (TPSA) is 67.8 Å². The number of rotatable bonds is 1. The highest BCUT2D eigenvalue weighted by Crippen LogP contribution is 2.32. The van der Waals surface area contributed by atoms with Crippen molar-refractivity contribution >= 4 is 21.7 Å². The molecule has 0 atom stereocenters. The van der Waals surface area contributed by atoms with E-state index in [0.29, 0.717) is 27.5 Å². The minimum absolute atomic E-state index is 0.110. The lowest BCUT2D eigenvalue weighted by atomic mass is 10.1. The summed E-state index contributed by atoms with van der Waals surface area (Å²) in [5.41, 5.74) is -3.71. The molecule has 0 radical (unpaired) electrons. The second-order valence-electron chi connectivity index (χ2n) is 5.83. The highest BCUT2D eigenvalue weighted by molar-refractivity contribution is 5.89. The molecule has 9 heteroatoms. The third-order valence-corrected chi connectivity index (χ3v) is 4.18. The summed E-state index contributed by atoms with van der Waals surface area (Å²) in [5.74, 6) is -1.57. The molecule has 0 bridgehead atoms. The predicted molar refractivity (Wildman–Crippen MR) is 90.4 cm³/mol. The van der Waals surface area contributed by atoms with Crippen LogP contribution >= 0.6 is 0 Å². The van der Waals surface area contributed by atoms with Crippen molar-refractivity contribution in [3.05, 3.63) is 81.0 Å². The largest absolute Gasteiger partial charge is 0.419 e. The Morgan fingerprint density at radius 1 is 1.00 bits per heavy atom. The summed E-state index contributed by atoms with van der Waals surface area (Å²) in [4.78, 5) is 31.5. The zero-order valence-electron chi connectivity index (χ0n) is 13.3. The van der Waals surface area contributed by atoms with E-state index in [2.05, 4.69) is 9.97 Å². The average molecular weight is 375 g/mol. The molecule has 0 unspecified atom stereocenters. The van der Waals surface area contributed by atoms with Crippen LogP contribution in [-0.2, 0) is 6.18 Å². The number of alkyl halides is 3. The van der Waals surface area contributed by atoms with Crippen molar-refractivity contribution < 1.29 is 17.6 Å². The Morgan fingerprint density at radius 2 is 1.74 bits per heavy atom. The second-order valence-corrected chi connectivity index (χ2v) is 5.83. The third-order valence-electron chi connectivity index (χ3n) is 4.18. The molecule has 27 heavy (non-hydrogen) atoms. The Kier molecular flexibility index (Phi) is 3.62. The number of fused-ring (bicyclic) bond motifs is 2. The van der Waals surface area contributed by atoms with Gasteiger partial charge in [-0.2, -0.15) is 13.2 Å². The summed E-state index contributed by atoms with van der Waals surface area (Å²) in [6.07, 6.45) is -2.19. The molecule has 0 aliphatic rings. The van der Waals surface area contributed by atoms with E-state index >= 15 is 0 Å². The van der Waals surface area contributed by atoms with Gasteiger partial charge in [-0.3, -0.25) is 9.78 Å². The van der Waals surface area contributed by atoms with Crippen molar-refractivity contribution in [3.8, 4) is 5.69 Å². The number of halogens is 4. The highest BCUT2D eigenvalue weighted by Gasteiger charge is 2.35. The Labute approximate surface area is 147 Å². The van der Waals surface area contributed by atoms with E-state index in [1.165, 1.54) is 12.4 Å². The van der Waals surface area contributed by atoms with E-state index in [-0.39, 0.29) is 11.2 Å². The average Bonchev–Trinajstić information content (AvgIpc) is 2.60. The molecule has 4 aromatic rings. The van der Waals surface area contributed by atoms with Gasteiger partial charge in [0.15, 0.2) is 0 Å². The van der Waals surface area contributed by atoms with Crippen molar-refractivity contribution in [2.45, 2.75) is 6.18 Å². The maximum atomic E-state index is 13.7. The molecule has 4 rings (SSSR count). The summed E-state index contributed by atoms with van der Waals surface area (Å²) >= 11 is 0. The molecule has 0 saturated heterocycles. The first kappa shape index (κ1) is 17.0. The fraction of sp³-hybridized carbons (Fsp3) is 0.0556. The van der Waals surface area contributed by atoms with Gasteiger partial charge in [0.05, 0.1) is 28.4 Å². The van der Waals surface area contributed by atoms with E-state index in [4.69, 9.17) is 0 Å². The first-order valence-electron chi connectivity index (χ1n) is 7.66. The monoisotopic (exact) mass is 375 g/mol. The molecule has 2 aromatic heterocycles. The van der Waals surface area contributed by atoms with Gasteiger partial charge in [-0.1, -0.05) is 24.3 Å². The molecule has 5 nitrogen and oxygen atoms in total. The number of hydrogen-bond acceptors (Lipinski definition) is 3. The number of pyridine rings is 1. The molecule has 0 spiro atoms. The van der Waals surface area contributed by atoms with Gasteiger partial charge >= 0.3 is 11.9 Å². The molecule has 2 aromatic carbocycles. The van der Waals surface area contributed by atoms with Gasteiger partial charge in [0.1, 0.15) is 5.82 Å². The number of benzene rings is 2. The van der Waals surface area contributed by atoms with Crippen LogP contribution in [0.4, 0.5) is 17.6 Å². The van der Waals surface area contributed by atoms with Crippen molar-refractivity contribution in [1.29, 1.82) is 0 Å². The van der Waals surface area contributed by atoms with E-state index in [9.17, 15) is 27.2 Å². The van der Waals surface area contributed by atoms with E-state index in [1.54, 1.807) is 24.3 Å². The summed E-state index contributed by atoms with van der Waals surface area (Å²) in [5, 5.41) is 0.686. The fourth-order valence-corrected chi connectivity index (χ4v) is 2.95. The smallest absolute Gasteiger partial charge is 0.306 e. The van der Waals surface area contributed by atoms with Crippen molar-refractivity contribution in [2.75, 3.05) is 0 Å². The van der Waals surface area contributed by atoms with Gasteiger partial charge in [-0.25, -0.2) is 13.8 Å². The predicted octanol–water partition coefficient (Wildman–Crippen LogP) is 3.39. The molecule has 0 saturated carbocycles. The van der Waals surface area contributed by atoms with Crippen molar-refractivity contribution in [1.82, 2.24) is 14.5 Å². The van der Waals surface area contributed by atoms with Gasteiger partial charge in [-0.05, 0) is 12.1 Å². The van der Waals surface area contributed by atoms with Crippen LogP contribution in [-0.4, -0.2) is 14.5 Å². The van der Waals surface area contributed by atoms with E-state index in [1.807, 2.05) is 0 Å². The van der Waals surface area contributed by atoms with E-state index < -0.39 is 34.2 Å². The Balaban J connectivity index is 2.12. The van der Waals surface area contributed by atoms with Crippen LogP contribution in [0.5, 0.6) is 0 Å². The Bertz CT molecular complexity index is 1320. The summed E-state index contributed by atoms with van der Waals surface area (Å²) in [6, 6.07) is 7.67. The first-order valence-corrected chi connectivity index (χ1v) is 7.66. The molecule has 1 N–H and O–H groups in total. The minimum Gasteiger partial charge on any atom is -0.306 e. The number of nitrogens with one attached hydrogen (secondary N) is 1. The summed E-state index contributed by atoms with van der Waals surface area (Å²) in [6.45, 7) is 0. The Hall–Kier alpha value is -3.49. The van der Waals surface area contributed by atoms with Gasteiger partial charge < -0.3 is 4.98 Å². The van der Waals surface area contributed by atoms with Crippen molar-refractivity contribution in [2.24, 2.45) is 0 Å². The van der Waals surface area contributed by atoms with Gasteiger partial charge in [0, 0.05) is 17.0 Å². The van der Waals surface area contributed by atoms with Crippen LogP contribution in [0, 0.1) is 5.82 Å². The number of nitrogens with zero attached hydrogens (tertiary/aromatic N) is 2. The lowest BCUT2D eigenvalue weighted by molar-refractivity contribution is -0.139. The SMILES string of the molecule is O=c1[nH]c2cc(F)c(C(F)(F)F)cc2c(=O)n1-c1cncc2ccccc12. The third kappa shape index (κ3) is 2.67. The van der Waals surface area contributed by atoms with Gasteiger partial charge in [-0.15, -0.1) is 0 Å². The zero-order valence-corrected chi connectivity index (χ0v) is 13.3. The standard InChI is InChI=1S/C18H9F4N3O2/c19-13-6-14-11(5-12(13)18(20,21)22)16(26)25(17(27)24-14)15-8-23-7-9-3-1-2-4-10(9)15/h1-8H,(H,24,27). The van der Waals surface area contributed by atoms with Crippen molar-refractivity contribution in [3.63, 3.8) is 0 Å². The number of hydrogen-bond donors (Lipinski definition) is 1. The molecule has 0 fully saturated rings. The van der Waals surface area contributed by atoms with Crippen LogP contribution < -0.4 is 11.2 Å². The second kappa shape index (κ2) is 5.76. The van der Waals surface area contributed by atoms with Crippen LogP contribution in [0.2, 0.25) is 0 Å². The van der Waals surface area contributed by atoms with Crippen LogP contribution in [0.1, 0.15) is 5.56 Å². The van der Waals surface area contributed by atoms with Crippen LogP contribution in [0.3, 0.4) is 0 Å². The van der Waals surface area contributed by atoms with Gasteiger partial charge in [0.2, 0.25) is 0 Å². The number of aromatic amines is 1. The highest BCUT2D eigenvalue weighted by atomic mass is 19.4. The maximum absolute atomic E-state index is 13.7. The Morgan fingerprint density at radius 3 is 2.48 bits per heavy atom. The molecule has 0 aliphatic heterocycles. The molecular weight excluding hydrogens is 366 g/mol. The minimum atomic E-state index is -4.98. The van der Waals surface area contributed by atoms with Crippen LogP contribution in [0.25, 0.3) is 27.4 Å².